The zero-order valence-electron chi connectivity index (χ0n) is 11.5. The molecule has 0 aliphatic carbocycles. The third kappa shape index (κ3) is 3.68. The van der Waals surface area contributed by atoms with Crippen LogP contribution in [0.4, 0.5) is 0 Å². The summed E-state index contributed by atoms with van der Waals surface area (Å²) >= 11 is 3.63. The highest BCUT2D eigenvalue weighted by molar-refractivity contribution is 9.10. The normalized spacial score (nSPS) is 12.4. The topological polar surface area (TPSA) is 12.0 Å². The molecule has 1 atom stereocenters. The van der Waals surface area contributed by atoms with Crippen LogP contribution < -0.4 is 5.32 Å². The third-order valence-corrected chi connectivity index (χ3v) is 4.22. The average Bonchev–Trinajstić information content (AvgIpc) is 2.46. The van der Waals surface area contributed by atoms with Gasteiger partial charge in [0.15, 0.2) is 0 Å². The standard InChI is InChI=1S/C17H20BrN/c1-3-13-8-10-14(11-9-13)12-17(19-2)15-6-4-5-7-16(15)18/h4-11,17,19H,3,12H2,1-2H3. The van der Waals surface area contributed by atoms with Crippen molar-refractivity contribution in [1.29, 1.82) is 0 Å². The number of hydrogen-bond acceptors (Lipinski definition) is 1. The fourth-order valence-corrected chi connectivity index (χ4v) is 2.83. The fraction of sp³-hybridized carbons (Fsp3) is 0.294. The molecule has 2 rings (SSSR count). The Hall–Kier alpha value is -1.12. The van der Waals surface area contributed by atoms with Crippen LogP contribution in [-0.2, 0) is 12.8 Å². The first-order chi connectivity index (χ1) is 9.24. The lowest BCUT2D eigenvalue weighted by atomic mass is 9.98. The van der Waals surface area contributed by atoms with Crippen molar-refractivity contribution in [3.63, 3.8) is 0 Å². The molecule has 0 aliphatic rings. The smallest absolute Gasteiger partial charge is 0.0369 e. The van der Waals surface area contributed by atoms with E-state index in [0.717, 1.165) is 12.8 Å². The summed E-state index contributed by atoms with van der Waals surface area (Å²) < 4.78 is 1.17. The highest BCUT2D eigenvalue weighted by Gasteiger charge is 2.12. The molecule has 1 N–H and O–H groups in total. The molecule has 0 saturated heterocycles. The first kappa shape index (κ1) is 14.3. The molecule has 0 spiro atoms. The Balaban J connectivity index is 2.17. The Morgan fingerprint density at radius 1 is 1.00 bits per heavy atom. The van der Waals surface area contributed by atoms with E-state index in [9.17, 15) is 0 Å². The second-order valence-corrected chi connectivity index (χ2v) is 5.59. The van der Waals surface area contributed by atoms with Crippen LogP contribution in [0.25, 0.3) is 0 Å². The van der Waals surface area contributed by atoms with Gasteiger partial charge in [0.25, 0.3) is 0 Å². The van der Waals surface area contributed by atoms with Gasteiger partial charge in [0.1, 0.15) is 0 Å². The van der Waals surface area contributed by atoms with Gasteiger partial charge in [-0.25, -0.2) is 0 Å². The van der Waals surface area contributed by atoms with Gasteiger partial charge in [-0.15, -0.1) is 0 Å². The van der Waals surface area contributed by atoms with Gasteiger partial charge in [-0.1, -0.05) is 65.3 Å². The number of benzene rings is 2. The quantitative estimate of drug-likeness (QED) is 0.855. The maximum Gasteiger partial charge on any atom is 0.0369 e. The fourth-order valence-electron chi connectivity index (χ4n) is 2.27. The first-order valence-corrected chi connectivity index (χ1v) is 7.53. The molecule has 100 valence electrons. The maximum absolute atomic E-state index is 3.63. The van der Waals surface area contributed by atoms with Crippen molar-refractivity contribution in [1.82, 2.24) is 5.32 Å². The zero-order valence-corrected chi connectivity index (χ0v) is 13.1. The van der Waals surface area contributed by atoms with Gasteiger partial charge < -0.3 is 5.32 Å². The summed E-state index contributed by atoms with van der Waals surface area (Å²) in [5.74, 6) is 0. The van der Waals surface area contributed by atoms with Crippen LogP contribution in [0.2, 0.25) is 0 Å². The zero-order chi connectivity index (χ0) is 13.7. The van der Waals surface area contributed by atoms with Crippen LogP contribution in [-0.4, -0.2) is 7.05 Å². The summed E-state index contributed by atoms with van der Waals surface area (Å²) in [6.07, 6.45) is 2.10. The van der Waals surface area contributed by atoms with Crippen molar-refractivity contribution in [3.8, 4) is 0 Å². The molecule has 1 unspecified atom stereocenters. The second kappa shape index (κ2) is 6.88. The van der Waals surface area contributed by atoms with E-state index in [-0.39, 0.29) is 0 Å². The maximum atomic E-state index is 3.63. The van der Waals surface area contributed by atoms with Crippen LogP contribution >= 0.6 is 15.9 Å². The lowest BCUT2D eigenvalue weighted by Gasteiger charge is -2.18. The van der Waals surface area contributed by atoms with Gasteiger partial charge in [-0.2, -0.15) is 0 Å². The van der Waals surface area contributed by atoms with E-state index in [4.69, 9.17) is 0 Å². The minimum absolute atomic E-state index is 0.336. The SMILES string of the molecule is CCc1ccc(CC(NC)c2ccccc2Br)cc1. The van der Waals surface area contributed by atoms with E-state index in [1.807, 2.05) is 7.05 Å². The Kier molecular flexibility index (Phi) is 5.17. The number of aryl methyl sites for hydroxylation is 1. The second-order valence-electron chi connectivity index (χ2n) is 4.74. The lowest BCUT2D eigenvalue weighted by Crippen LogP contribution is -2.19. The predicted molar refractivity (Wildman–Crippen MR) is 85.5 cm³/mol. The monoisotopic (exact) mass is 317 g/mol. The summed E-state index contributed by atoms with van der Waals surface area (Å²) in [7, 11) is 2.02. The van der Waals surface area contributed by atoms with E-state index in [2.05, 4.69) is 76.7 Å². The van der Waals surface area contributed by atoms with Gasteiger partial charge in [0.05, 0.1) is 0 Å². The number of nitrogens with one attached hydrogen (secondary N) is 1. The van der Waals surface area contributed by atoms with Gasteiger partial charge in [0.2, 0.25) is 0 Å². The lowest BCUT2D eigenvalue weighted by molar-refractivity contribution is 0.589. The minimum Gasteiger partial charge on any atom is -0.313 e. The summed E-state index contributed by atoms with van der Waals surface area (Å²) in [5, 5.41) is 3.41. The van der Waals surface area contributed by atoms with Gasteiger partial charge >= 0.3 is 0 Å². The molecule has 0 amide bonds. The summed E-state index contributed by atoms with van der Waals surface area (Å²) in [6.45, 7) is 2.19. The highest BCUT2D eigenvalue weighted by Crippen LogP contribution is 2.25. The molecule has 0 fully saturated rings. The Labute approximate surface area is 124 Å². The first-order valence-electron chi connectivity index (χ1n) is 6.74. The van der Waals surface area contributed by atoms with E-state index >= 15 is 0 Å². The molecule has 0 aliphatic heterocycles. The van der Waals surface area contributed by atoms with E-state index in [0.29, 0.717) is 6.04 Å². The molecule has 2 aromatic rings. The molecule has 0 heterocycles. The van der Waals surface area contributed by atoms with E-state index in [1.54, 1.807) is 0 Å². The molecule has 2 heteroatoms. The van der Waals surface area contributed by atoms with Crippen LogP contribution in [0.1, 0.15) is 29.7 Å². The number of hydrogen-bond donors (Lipinski definition) is 1. The Morgan fingerprint density at radius 3 is 2.21 bits per heavy atom. The molecular weight excluding hydrogens is 298 g/mol. The van der Waals surface area contributed by atoms with Crippen molar-refractivity contribution in [2.24, 2.45) is 0 Å². The molecule has 19 heavy (non-hydrogen) atoms. The number of rotatable bonds is 5. The highest BCUT2D eigenvalue weighted by atomic mass is 79.9. The summed E-state index contributed by atoms with van der Waals surface area (Å²) in [6, 6.07) is 17.7. The van der Waals surface area contributed by atoms with Crippen molar-refractivity contribution in [3.05, 3.63) is 69.7 Å². The van der Waals surface area contributed by atoms with Crippen LogP contribution in [0, 0.1) is 0 Å². The van der Waals surface area contributed by atoms with Crippen molar-refractivity contribution < 1.29 is 0 Å². The van der Waals surface area contributed by atoms with E-state index in [1.165, 1.54) is 21.2 Å². The predicted octanol–water partition coefficient (Wildman–Crippen LogP) is 4.51. The van der Waals surface area contributed by atoms with Crippen LogP contribution in [0.3, 0.4) is 0 Å². The van der Waals surface area contributed by atoms with Crippen LogP contribution in [0.5, 0.6) is 0 Å². The van der Waals surface area contributed by atoms with Gasteiger partial charge in [-0.05, 0) is 42.6 Å². The molecule has 2 aromatic carbocycles. The Morgan fingerprint density at radius 2 is 1.63 bits per heavy atom. The van der Waals surface area contributed by atoms with Crippen molar-refractivity contribution in [2.75, 3.05) is 7.05 Å². The van der Waals surface area contributed by atoms with Gasteiger partial charge in [-0.3, -0.25) is 0 Å². The van der Waals surface area contributed by atoms with Crippen molar-refractivity contribution >= 4 is 15.9 Å². The molecule has 0 radical (unpaired) electrons. The largest absolute Gasteiger partial charge is 0.313 e. The summed E-state index contributed by atoms with van der Waals surface area (Å²) in [4.78, 5) is 0. The molecule has 1 nitrogen and oxygen atoms in total. The molecule has 0 bridgehead atoms. The molecule has 0 aromatic heterocycles. The molecular formula is C17H20BrN. The number of halogens is 1. The van der Waals surface area contributed by atoms with Crippen molar-refractivity contribution in [2.45, 2.75) is 25.8 Å². The average molecular weight is 318 g/mol. The summed E-state index contributed by atoms with van der Waals surface area (Å²) in [5.41, 5.74) is 4.07. The van der Waals surface area contributed by atoms with Gasteiger partial charge in [0, 0.05) is 10.5 Å². The van der Waals surface area contributed by atoms with Crippen LogP contribution in [0.15, 0.2) is 53.0 Å². The van der Waals surface area contributed by atoms with E-state index < -0.39 is 0 Å². The minimum atomic E-state index is 0.336. The number of likely N-dealkylation sites (N-methyl/N-ethyl adjacent to an activating group) is 1. The third-order valence-electron chi connectivity index (χ3n) is 3.50. The Bertz CT molecular complexity index is 519. The molecule has 0 saturated carbocycles.